The second-order valence-electron chi connectivity index (χ2n) is 6.96. The van der Waals surface area contributed by atoms with E-state index < -0.39 is 0 Å². The van der Waals surface area contributed by atoms with Crippen LogP contribution in [0.1, 0.15) is 24.3 Å². The molecule has 1 aliphatic carbocycles. The number of nitrogens with one attached hydrogen (secondary N) is 2. The van der Waals surface area contributed by atoms with E-state index in [2.05, 4.69) is 15.8 Å². The van der Waals surface area contributed by atoms with Crippen LogP contribution in [0.15, 0.2) is 22.7 Å². The number of carbonyl (C=O) groups excluding carboxylic acids is 1. The smallest absolute Gasteiger partial charge is 0.211 e. The fourth-order valence-electron chi connectivity index (χ4n) is 3.84. The van der Waals surface area contributed by atoms with Gasteiger partial charge in [0.25, 0.3) is 0 Å². The highest BCUT2D eigenvalue weighted by Gasteiger charge is 2.49. The predicted octanol–water partition coefficient (Wildman–Crippen LogP) is 3.12. The van der Waals surface area contributed by atoms with Gasteiger partial charge < -0.3 is 19.9 Å². The van der Waals surface area contributed by atoms with Crippen molar-refractivity contribution < 1.29 is 14.1 Å². The Morgan fingerprint density at radius 1 is 1.25 bits per heavy atom. The van der Waals surface area contributed by atoms with Gasteiger partial charge in [0.05, 0.1) is 30.3 Å². The first-order valence-electron chi connectivity index (χ1n) is 8.22. The fraction of sp³-hybridized carbons (Fsp3) is 0.444. The SMILES string of the molecule is Cc1noc(C)c1-c1ccc(NC2CC3(COC3)C2)c(NC=O)c1. The Hall–Kier alpha value is -2.34. The third-order valence-corrected chi connectivity index (χ3v) is 5.09. The van der Waals surface area contributed by atoms with Crippen molar-refractivity contribution in [1.82, 2.24) is 5.16 Å². The molecule has 0 unspecified atom stereocenters. The minimum atomic E-state index is 0.409. The van der Waals surface area contributed by atoms with Crippen LogP contribution in [0, 0.1) is 19.3 Å². The molecular formula is C18H21N3O3. The summed E-state index contributed by atoms with van der Waals surface area (Å²) in [5.41, 5.74) is 4.93. The second-order valence-corrected chi connectivity index (χ2v) is 6.96. The van der Waals surface area contributed by atoms with Crippen molar-refractivity contribution in [1.29, 1.82) is 0 Å². The van der Waals surface area contributed by atoms with E-state index in [9.17, 15) is 4.79 Å². The molecule has 24 heavy (non-hydrogen) atoms. The van der Waals surface area contributed by atoms with Gasteiger partial charge in [-0.1, -0.05) is 11.2 Å². The number of benzene rings is 1. The van der Waals surface area contributed by atoms with Crippen LogP contribution < -0.4 is 10.6 Å². The first kappa shape index (κ1) is 15.2. The van der Waals surface area contributed by atoms with E-state index in [-0.39, 0.29) is 0 Å². The molecule has 1 saturated carbocycles. The van der Waals surface area contributed by atoms with Gasteiger partial charge in [0.15, 0.2) is 0 Å². The maximum absolute atomic E-state index is 11.0. The summed E-state index contributed by atoms with van der Waals surface area (Å²) in [6.45, 7) is 5.58. The van der Waals surface area contributed by atoms with Crippen molar-refractivity contribution >= 4 is 17.8 Å². The summed E-state index contributed by atoms with van der Waals surface area (Å²) in [6, 6.07) is 6.44. The summed E-state index contributed by atoms with van der Waals surface area (Å²) in [4.78, 5) is 11.0. The average Bonchev–Trinajstić information content (AvgIpc) is 2.81. The standard InChI is InChI=1S/C18H21N3O3/c1-11-17(12(2)24-21-11)13-3-4-15(16(5-13)19-10-22)20-14-6-18(7-14)8-23-9-18/h3-5,10,14,20H,6-9H2,1-2H3,(H,19,22). The lowest BCUT2D eigenvalue weighted by molar-refractivity contribution is -0.159. The largest absolute Gasteiger partial charge is 0.381 e. The lowest BCUT2D eigenvalue weighted by Gasteiger charge is -2.53. The summed E-state index contributed by atoms with van der Waals surface area (Å²) in [7, 11) is 0. The molecule has 1 saturated heterocycles. The summed E-state index contributed by atoms with van der Waals surface area (Å²) >= 11 is 0. The molecule has 2 heterocycles. The molecule has 2 aromatic rings. The minimum Gasteiger partial charge on any atom is -0.381 e. The lowest BCUT2D eigenvalue weighted by Crippen LogP contribution is -2.56. The number of ether oxygens (including phenoxy) is 1. The first-order valence-corrected chi connectivity index (χ1v) is 8.22. The van der Waals surface area contributed by atoms with Gasteiger partial charge in [0.2, 0.25) is 6.41 Å². The highest BCUT2D eigenvalue weighted by atomic mass is 16.5. The lowest BCUT2D eigenvalue weighted by atomic mass is 9.64. The summed E-state index contributed by atoms with van der Waals surface area (Å²) in [5.74, 6) is 0.774. The molecule has 1 spiro atoms. The third-order valence-electron chi connectivity index (χ3n) is 5.09. The van der Waals surface area contributed by atoms with Crippen LogP contribution in [0.2, 0.25) is 0 Å². The number of amides is 1. The highest BCUT2D eigenvalue weighted by Crippen LogP contribution is 2.48. The van der Waals surface area contributed by atoms with Crippen molar-refractivity contribution in [3.05, 3.63) is 29.7 Å². The Bertz CT molecular complexity index is 752. The van der Waals surface area contributed by atoms with Gasteiger partial charge >= 0.3 is 0 Å². The molecule has 0 bridgehead atoms. The molecular weight excluding hydrogens is 306 g/mol. The van der Waals surface area contributed by atoms with E-state index in [4.69, 9.17) is 9.26 Å². The fourth-order valence-corrected chi connectivity index (χ4v) is 3.84. The Kier molecular flexibility index (Phi) is 3.57. The molecule has 2 fully saturated rings. The van der Waals surface area contributed by atoms with E-state index in [1.807, 2.05) is 32.0 Å². The predicted molar refractivity (Wildman–Crippen MR) is 91.0 cm³/mol. The van der Waals surface area contributed by atoms with E-state index >= 15 is 0 Å². The van der Waals surface area contributed by atoms with Crippen molar-refractivity contribution in [2.24, 2.45) is 5.41 Å². The van der Waals surface area contributed by atoms with Gasteiger partial charge in [-0.3, -0.25) is 4.79 Å². The minimum absolute atomic E-state index is 0.409. The van der Waals surface area contributed by atoms with Gasteiger partial charge in [0, 0.05) is 17.0 Å². The molecule has 4 rings (SSSR count). The molecule has 1 aromatic heterocycles. The van der Waals surface area contributed by atoms with Crippen LogP contribution in [-0.2, 0) is 9.53 Å². The van der Waals surface area contributed by atoms with Crippen LogP contribution in [0.25, 0.3) is 11.1 Å². The van der Waals surface area contributed by atoms with Crippen LogP contribution >= 0.6 is 0 Å². The molecule has 126 valence electrons. The normalized spacial score (nSPS) is 18.8. The van der Waals surface area contributed by atoms with Crippen molar-refractivity contribution in [2.75, 3.05) is 23.8 Å². The zero-order valence-electron chi connectivity index (χ0n) is 13.9. The number of hydrogen-bond acceptors (Lipinski definition) is 5. The van der Waals surface area contributed by atoms with Gasteiger partial charge in [-0.05, 0) is 44.4 Å². The van der Waals surface area contributed by atoms with Gasteiger partial charge in [-0.15, -0.1) is 0 Å². The molecule has 6 nitrogen and oxygen atoms in total. The summed E-state index contributed by atoms with van der Waals surface area (Å²) in [6.07, 6.45) is 2.96. The van der Waals surface area contributed by atoms with E-state index in [1.165, 1.54) is 0 Å². The first-order chi connectivity index (χ1) is 11.6. The number of nitrogens with zero attached hydrogens (tertiary/aromatic N) is 1. The third kappa shape index (κ3) is 2.47. The Morgan fingerprint density at radius 3 is 2.62 bits per heavy atom. The van der Waals surface area contributed by atoms with E-state index in [1.54, 1.807) is 0 Å². The van der Waals surface area contributed by atoms with Gasteiger partial charge in [-0.25, -0.2) is 0 Å². The van der Waals surface area contributed by atoms with Gasteiger partial charge in [0.1, 0.15) is 5.76 Å². The van der Waals surface area contributed by atoms with Crippen LogP contribution in [0.4, 0.5) is 11.4 Å². The summed E-state index contributed by atoms with van der Waals surface area (Å²) < 4.78 is 10.6. The molecule has 1 aliphatic heterocycles. The molecule has 1 aromatic carbocycles. The number of aromatic nitrogens is 1. The van der Waals surface area contributed by atoms with E-state index in [0.717, 1.165) is 60.0 Å². The molecule has 0 atom stereocenters. The van der Waals surface area contributed by atoms with Crippen LogP contribution in [0.5, 0.6) is 0 Å². The number of anilines is 2. The number of hydrogen-bond donors (Lipinski definition) is 2. The Labute approximate surface area is 140 Å². The Morgan fingerprint density at radius 2 is 2.04 bits per heavy atom. The zero-order valence-corrected chi connectivity index (χ0v) is 13.9. The average molecular weight is 327 g/mol. The summed E-state index contributed by atoms with van der Waals surface area (Å²) in [5, 5.41) is 10.3. The number of rotatable bonds is 5. The van der Waals surface area contributed by atoms with Crippen LogP contribution in [0.3, 0.4) is 0 Å². The zero-order chi connectivity index (χ0) is 16.7. The monoisotopic (exact) mass is 327 g/mol. The molecule has 2 aliphatic rings. The maximum atomic E-state index is 11.0. The molecule has 6 heteroatoms. The second kappa shape index (κ2) is 5.63. The number of aryl methyl sites for hydroxylation is 2. The van der Waals surface area contributed by atoms with Gasteiger partial charge in [-0.2, -0.15) is 0 Å². The van der Waals surface area contributed by atoms with Crippen molar-refractivity contribution in [2.45, 2.75) is 32.7 Å². The highest BCUT2D eigenvalue weighted by molar-refractivity contribution is 5.85. The van der Waals surface area contributed by atoms with Crippen molar-refractivity contribution in [3.63, 3.8) is 0 Å². The van der Waals surface area contributed by atoms with Crippen molar-refractivity contribution in [3.8, 4) is 11.1 Å². The Balaban J connectivity index is 1.57. The maximum Gasteiger partial charge on any atom is 0.211 e. The van der Waals surface area contributed by atoms with Crippen LogP contribution in [-0.4, -0.2) is 30.8 Å². The molecule has 2 N–H and O–H groups in total. The topological polar surface area (TPSA) is 76.4 Å². The quantitative estimate of drug-likeness (QED) is 0.825. The molecule has 0 radical (unpaired) electrons. The van der Waals surface area contributed by atoms with E-state index in [0.29, 0.717) is 17.9 Å². The number of carbonyl (C=O) groups is 1. The molecule has 1 amide bonds.